The summed E-state index contributed by atoms with van der Waals surface area (Å²) in [5, 5.41) is 27.7. The summed E-state index contributed by atoms with van der Waals surface area (Å²) in [6.07, 6.45) is 0. The number of para-hydroxylation sites is 6. The average molecular weight is 1160 g/mol. The van der Waals surface area contributed by atoms with Gasteiger partial charge in [0.05, 0.1) is 73.4 Å². The lowest BCUT2D eigenvalue weighted by atomic mass is 9.90. The minimum Gasteiger partial charge on any atom is -0.309 e. The third kappa shape index (κ3) is 8.62. The van der Waals surface area contributed by atoms with Crippen LogP contribution in [0.4, 0.5) is 0 Å². The maximum Gasteiger partial charge on any atom is 0.164 e. The van der Waals surface area contributed by atoms with E-state index in [0.29, 0.717) is 28.6 Å². The Bertz CT molecular complexity index is 5420. The van der Waals surface area contributed by atoms with Gasteiger partial charge in [0.2, 0.25) is 0 Å². The molecule has 0 bridgehead atoms. The molecule has 0 aliphatic rings. The number of rotatable bonds is 10. The maximum atomic E-state index is 10.6. The summed E-state index contributed by atoms with van der Waals surface area (Å²) >= 11 is 0. The predicted octanol–water partition coefficient (Wildman–Crippen LogP) is 20.6. The van der Waals surface area contributed by atoms with E-state index in [0.717, 1.165) is 144 Å². The molecule has 8 heteroatoms. The van der Waals surface area contributed by atoms with Crippen molar-refractivity contribution in [3.8, 4) is 108 Å². The van der Waals surface area contributed by atoms with Crippen molar-refractivity contribution in [1.29, 1.82) is 10.5 Å². The fourth-order valence-electron chi connectivity index (χ4n) is 13.8. The zero-order chi connectivity index (χ0) is 60.5. The Balaban J connectivity index is 1.07. The topological polar surface area (TPSA) is 101 Å². The molecule has 0 saturated heterocycles. The van der Waals surface area contributed by atoms with E-state index in [9.17, 15) is 10.5 Å². The first-order valence-electron chi connectivity index (χ1n) is 30.4. The maximum absolute atomic E-state index is 10.6. The van der Waals surface area contributed by atoms with Crippen molar-refractivity contribution in [2.75, 3.05) is 0 Å². The minimum atomic E-state index is 0.509. The van der Waals surface area contributed by atoms with E-state index >= 15 is 0 Å². The van der Waals surface area contributed by atoms with Gasteiger partial charge in [0.25, 0.3) is 0 Å². The highest BCUT2D eigenvalue weighted by atomic mass is 15.0. The molecule has 8 nitrogen and oxygen atoms in total. The first kappa shape index (κ1) is 52.6. The van der Waals surface area contributed by atoms with E-state index in [1.165, 1.54) is 0 Å². The van der Waals surface area contributed by atoms with Gasteiger partial charge in [-0.15, -0.1) is 0 Å². The molecule has 0 spiro atoms. The molecule has 0 unspecified atom stereocenters. The van der Waals surface area contributed by atoms with Gasteiger partial charge < -0.3 is 13.7 Å². The van der Waals surface area contributed by atoms with E-state index in [2.05, 4.69) is 244 Å². The zero-order valence-electron chi connectivity index (χ0n) is 48.9. The van der Waals surface area contributed by atoms with Crippen LogP contribution in [0.15, 0.2) is 303 Å². The standard InChI is InChI=1S/C83H50N8/c84-51-57-27-7-9-29-60(57)55-43-45-78-68(47-55)69-48-56(61-30-10-8-28-58(61)52-85)44-46-79(69)91(78)80-70(66-35-15-21-41-76(66)89-72-37-17-11-31-62(72)63-32-12-18-38-73(63)89)49-59(83-87-81(53-23-3-1-4-24-53)86-82(88-83)54-25-5-2-6-26-54)50-71(80)67-36-16-22-42-77(67)90-74-39-19-13-33-64(74)65-34-14-20-40-75(65)90/h1-50H. The Morgan fingerprint density at radius 3 is 0.945 bits per heavy atom. The Morgan fingerprint density at radius 1 is 0.231 bits per heavy atom. The van der Waals surface area contributed by atoms with E-state index in [-0.39, 0.29) is 0 Å². The van der Waals surface area contributed by atoms with E-state index in [1.54, 1.807) is 0 Å². The van der Waals surface area contributed by atoms with Gasteiger partial charge in [-0.2, -0.15) is 10.5 Å². The van der Waals surface area contributed by atoms with Crippen molar-refractivity contribution in [3.05, 3.63) is 314 Å². The Labute approximate surface area is 524 Å². The Hall–Kier alpha value is -12.8. The fourth-order valence-corrected chi connectivity index (χ4v) is 13.8. The highest BCUT2D eigenvalue weighted by Gasteiger charge is 2.28. The van der Waals surface area contributed by atoms with Crippen molar-refractivity contribution in [2.24, 2.45) is 0 Å². The van der Waals surface area contributed by atoms with Crippen LogP contribution in [0.3, 0.4) is 0 Å². The molecule has 4 heterocycles. The highest BCUT2D eigenvalue weighted by Crippen LogP contribution is 2.49. The number of hydrogen-bond acceptors (Lipinski definition) is 5. The average Bonchev–Trinajstić information content (AvgIpc) is 1.67. The van der Waals surface area contributed by atoms with Crippen LogP contribution >= 0.6 is 0 Å². The third-order valence-electron chi connectivity index (χ3n) is 17.8. The van der Waals surface area contributed by atoms with Gasteiger partial charge in [-0.25, -0.2) is 15.0 Å². The lowest BCUT2D eigenvalue weighted by Gasteiger charge is -2.24. The van der Waals surface area contributed by atoms with Crippen molar-refractivity contribution in [2.45, 2.75) is 0 Å². The van der Waals surface area contributed by atoms with Gasteiger partial charge in [-0.3, -0.25) is 0 Å². The zero-order valence-corrected chi connectivity index (χ0v) is 48.9. The van der Waals surface area contributed by atoms with Gasteiger partial charge in [-0.1, -0.05) is 218 Å². The number of benzene rings is 13. The molecule has 422 valence electrons. The number of aromatic nitrogens is 6. The lowest BCUT2D eigenvalue weighted by Crippen LogP contribution is -2.07. The van der Waals surface area contributed by atoms with Crippen LogP contribution in [0.25, 0.3) is 161 Å². The van der Waals surface area contributed by atoms with Crippen molar-refractivity contribution in [3.63, 3.8) is 0 Å². The van der Waals surface area contributed by atoms with Crippen molar-refractivity contribution in [1.82, 2.24) is 28.7 Å². The molecule has 17 aromatic rings. The quantitative estimate of drug-likeness (QED) is 0.136. The monoisotopic (exact) mass is 1160 g/mol. The Morgan fingerprint density at radius 2 is 0.549 bits per heavy atom. The Kier molecular flexibility index (Phi) is 12.5. The van der Waals surface area contributed by atoms with E-state index in [1.807, 2.05) is 84.9 Å². The van der Waals surface area contributed by atoms with Crippen LogP contribution in [0.1, 0.15) is 11.1 Å². The highest BCUT2D eigenvalue weighted by molar-refractivity contribution is 6.15. The molecule has 0 aliphatic carbocycles. The van der Waals surface area contributed by atoms with Gasteiger partial charge in [-0.05, 0) is 107 Å². The van der Waals surface area contributed by atoms with E-state index in [4.69, 9.17) is 15.0 Å². The van der Waals surface area contributed by atoms with Crippen LogP contribution < -0.4 is 0 Å². The summed E-state index contributed by atoms with van der Waals surface area (Å²) < 4.78 is 7.27. The molecule has 13 aromatic carbocycles. The molecule has 0 saturated carbocycles. The predicted molar refractivity (Wildman–Crippen MR) is 370 cm³/mol. The largest absolute Gasteiger partial charge is 0.309 e. The fraction of sp³-hybridized carbons (Fsp3) is 0. The number of fused-ring (bicyclic) bond motifs is 9. The molecule has 0 atom stereocenters. The van der Waals surface area contributed by atoms with Gasteiger partial charge in [0.15, 0.2) is 17.5 Å². The summed E-state index contributed by atoms with van der Waals surface area (Å²) in [6, 6.07) is 111. The summed E-state index contributed by atoms with van der Waals surface area (Å²) in [7, 11) is 0. The molecule has 91 heavy (non-hydrogen) atoms. The SMILES string of the molecule is N#Cc1ccccc1-c1ccc2c(c1)c1cc(-c3ccccc3C#N)ccc1n2-c1c(-c2ccccc2-n2c3ccccc3c3ccccc32)cc(-c2nc(-c3ccccc3)nc(-c3ccccc3)n2)cc1-c1ccccc1-n1c2ccccc2c2ccccc21. The second kappa shape index (κ2) is 21.6. The van der Waals surface area contributed by atoms with Crippen molar-refractivity contribution >= 4 is 65.4 Å². The molecule has 0 aliphatic heterocycles. The molecule has 4 aromatic heterocycles. The van der Waals surface area contributed by atoms with E-state index < -0.39 is 0 Å². The molecule has 0 fully saturated rings. The summed E-state index contributed by atoms with van der Waals surface area (Å²) in [4.78, 5) is 16.2. The smallest absolute Gasteiger partial charge is 0.164 e. The van der Waals surface area contributed by atoms with Crippen molar-refractivity contribution < 1.29 is 0 Å². The second-order valence-corrected chi connectivity index (χ2v) is 22.8. The van der Waals surface area contributed by atoms with Gasteiger partial charge >= 0.3 is 0 Å². The van der Waals surface area contributed by atoms with Gasteiger partial charge in [0.1, 0.15) is 0 Å². The molecular formula is C83H50N8. The second-order valence-electron chi connectivity index (χ2n) is 22.8. The molecule has 0 radical (unpaired) electrons. The number of hydrogen-bond donors (Lipinski definition) is 0. The van der Waals surface area contributed by atoms with Crippen LogP contribution in [0.2, 0.25) is 0 Å². The van der Waals surface area contributed by atoms with Gasteiger partial charge in [0, 0.05) is 71.3 Å². The van der Waals surface area contributed by atoms with Crippen LogP contribution in [0.5, 0.6) is 0 Å². The number of nitriles is 2. The molecular weight excluding hydrogens is 1110 g/mol. The molecule has 0 amide bonds. The van der Waals surface area contributed by atoms with Crippen LogP contribution in [-0.4, -0.2) is 28.7 Å². The van der Waals surface area contributed by atoms with Crippen LogP contribution in [-0.2, 0) is 0 Å². The summed E-state index contributed by atoms with van der Waals surface area (Å²) in [6.45, 7) is 0. The molecule has 17 rings (SSSR count). The number of nitrogens with zero attached hydrogens (tertiary/aromatic N) is 8. The first-order valence-corrected chi connectivity index (χ1v) is 30.4. The third-order valence-corrected chi connectivity index (χ3v) is 17.8. The summed E-state index contributed by atoms with van der Waals surface area (Å²) in [5.41, 5.74) is 20.0. The van der Waals surface area contributed by atoms with Crippen LogP contribution in [0, 0.1) is 22.7 Å². The molecule has 0 N–H and O–H groups in total. The first-order chi connectivity index (χ1) is 45.1. The lowest BCUT2D eigenvalue weighted by molar-refractivity contribution is 1.07. The normalized spacial score (nSPS) is 11.5. The minimum absolute atomic E-state index is 0.509. The summed E-state index contributed by atoms with van der Waals surface area (Å²) in [5.74, 6) is 1.62.